The summed E-state index contributed by atoms with van der Waals surface area (Å²) < 4.78 is 2.24. The summed E-state index contributed by atoms with van der Waals surface area (Å²) in [4.78, 5) is 28.6. The quantitative estimate of drug-likeness (QED) is 0.373. The predicted octanol–water partition coefficient (Wildman–Crippen LogP) is 5.49. The Kier molecular flexibility index (Phi) is 4.54. The average Bonchev–Trinajstić information content (AvgIpc) is 3.11. The zero-order valence-electron chi connectivity index (χ0n) is 15.6. The minimum absolute atomic E-state index is 0.250. The van der Waals surface area contributed by atoms with Crippen LogP contribution < -0.4 is 10.9 Å². The SMILES string of the molecule is O=C(Nc1ccc(-c2ccccc2)cc1)c1sc(=S)n2c1[nH]c(=O)c1ccccc12. The van der Waals surface area contributed by atoms with Crippen molar-refractivity contribution in [2.75, 3.05) is 5.32 Å². The van der Waals surface area contributed by atoms with Crippen molar-refractivity contribution in [2.24, 2.45) is 0 Å². The van der Waals surface area contributed by atoms with Crippen LogP contribution in [-0.4, -0.2) is 15.3 Å². The van der Waals surface area contributed by atoms with E-state index in [1.807, 2.05) is 66.7 Å². The van der Waals surface area contributed by atoms with Crippen LogP contribution in [0, 0.1) is 3.95 Å². The van der Waals surface area contributed by atoms with Crippen molar-refractivity contribution in [3.8, 4) is 11.1 Å². The topological polar surface area (TPSA) is 66.4 Å². The van der Waals surface area contributed by atoms with E-state index in [2.05, 4.69) is 10.3 Å². The summed E-state index contributed by atoms with van der Waals surface area (Å²) in [5.41, 5.74) is 3.68. The van der Waals surface area contributed by atoms with Gasteiger partial charge >= 0.3 is 0 Å². The first-order chi connectivity index (χ1) is 14.6. The highest BCUT2D eigenvalue weighted by atomic mass is 32.1. The number of aromatic nitrogens is 2. The van der Waals surface area contributed by atoms with Gasteiger partial charge in [0.05, 0.1) is 10.9 Å². The number of carbonyl (C=O) groups excluding carboxylic acids is 1. The van der Waals surface area contributed by atoms with Crippen LogP contribution >= 0.6 is 23.6 Å². The van der Waals surface area contributed by atoms with E-state index in [-0.39, 0.29) is 11.5 Å². The number of hydrogen-bond donors (Lipinski definition) is 2. The number of fused-ring (bicyclic) bond motifs is 3. The molecule has 0 atom stereocenters. The molecule has 0 bridgehead atoms. The third-order valence-electron chi connectivity index (χ3n) is 4.89. The van der Waals surface area contributed by atoms with E-state index in [4.69, 9.17) is 12.2 Å². The summed E-state index contributed by atoms with van der Waals surface area (Å²) in [6, 6.07) is 24.9. The molecule has 7 heteroatoms. The Morgan fingerprint density at radius 3 is 2.33 bits per heavy atom. The Bertz CT molecular complexity index is 1510. The van der Waals surface area contributed by atoms with E-state index < -0.39 is 0 Å². The van der Waals surface area contributed by atoms with Gasteiger partial charge in [0.1, 0.15) is 10.5 Å². The number of hydrogen-bond acceptors (Lipinski definition) is 4. The molecule has 0 aliphatic heterocycles. The molecule has 5 aromatic rings. The molecule has 1 amide bonds. The van der Waals surface area contributed by atoms with Crippen molar-refractivity contribution in [1.82, 2.24) is 9.38 Å². The van der Waals surface area contributed by atoms with Crippen LogP contribution in [0.25, 0.3) is 27.7 Å². The molecule has 5 nitrogen and oxygen atoms in total. The second-order valence-corrected chi connectivity index (χ2v) is 8.39. The fraction of sp³-hybridized carbons (Fsp3) is 0. The van der Waals surface area contributed by atoms with Crippen LogP contribution in [0.3, 0.4) is 0 Å². The third kappa shape index (κ3) is 3.14. The number of benzene rings is 3. The van der Waals surface area contributed by atoms with Gasteiger partial charge in [-0.1, -0.05) is 65.9 Å². The fourth-order valence-corrected chi connectivity index (χ4v) is 4.74. The number of carbonyl (C=O) groups is 1. The summed E-state index contributed by atoms with van der Waals surface area (Å²) in [5.74, 6) is -0.313. The molecule has 0 unspecified atom stereocenters. The van der Waals surface area contributed by atoms with Crippen molar-refractivity contribution in [1.29, 1.82) is 0 Å². The zero-order chi connectivity index (χ0) is 20.7. The molecule has 0 radical (unpaired) electrons. The van der Waals surface area contributed by atoms with Gasteiger partial charge in [0.2, 0.25) is 0 Å². The van der Waals surface area contributed by atoms with E-state index in [0.29, 0.717) is 31.1 Å². The number of H-pyrrole nitrogens is 1. The molecule has 0 spiro atoms. The number of anilines is 1. The first kappa shape index (κ1) is 18.5. The summed E-state index contributed by atoms with van der Waals surface area (Å²) in [6.45, 7) is 0. The summed E-state index contributed by atoms with van der Waals surface area (Å²) >= 11 is 6.65. The third-order valence-corrected chi connectivity index (χ3v) is 6.26. The Labute approximate surface area is 180 Å². The maximum absolute atomic E-state index is 13.0. The maximum atomic E-state index is 13.0. The fourth-order valence-electron chi connectivity index (χ4n) is 3.46. The summed E-state index contributed by atoms with van der Waals surface area (Å²) in [7, 11) is 0. The van der Waals surface area contributed by atoms with Crippen molar-refractivity contribution in [3.63, 3.8) is 0 Å². The second kappa shape index (κ2) is 7.37. The smallest absolute Gasteiger partial charge is 0.269 e. The zero-order valence-corrected chi connectivity index (χ0v) is 17.2. The number of amides is 1. The van der Waals surface area contributed by atoms with Gasteiger partial charge in [-0.3, -0.25) is 14.0 Å². The number of nitrogens with zero attached hydrogens (tertiary/aromatic N) is 1. The molecule has 0 aliphatic rings. The first-order valence-corrected chi connectivity index (χ1v) is 10.5. The maximum Gasteiger partial charge on any atom is 0.269 e. The molecule has 0 aliphatic carbocycles. The lowest BCUT2D eigenvalue weighted by molar-refractivity contribution is 0.103. The molecular formula is C23H15N3O2S2. The van der Waals surface area contributed by atoms with E-state index >= 15 is 0 Å². The van der Waals surface area contributed by atoms with E-state index in [1.165, 1.54) is 11.3 Å². The lowest BCUT2D eigenvalue weighted by Crippen LogP contribution is -2.14. The van der Waals surface area contributed by atoms with E-state index in [1.54, 1.807) is 16.5 Å². The van der Waals surface area contributed by atoms with Crippen molar-refractivity contribution in [2.45, 2.75) is 0 Å². The van der Waals surface area contributed by atoms with Gasteiger partial charge in [0, 0.05) is 5.69 Å². The Morgan fingerprint density at radius 2 is 1.57 bits per heavy atom. The minimum Gasteiger partial charge on any atom is -0.321 e. The summed E-state index contributed by atoms with van der Waals surface area (Å²) in [6.07, 6.45) is 0. The van der Waals surface area contributed by atoms with Crippen LogP contribution in [0.1, 0.15) is 9.67 Å². The molecule has 30 heavy (non-hydrogen) atoms. The normalized spacial score (nSPS) is 11.1. The molecule has 2 aromatic heterocycles. The van der Waals surface area contributed by atoms with Gasteiger partial charge in [-0.25, -0.2) is 0 Å². The summed E-state index contributed by atoms with van der Waals surface area (Å²) in [5, 5.41) is 3.43. The largest absolute Gasteiger partial charge is 0.321 e. The highest BCUT2D eigenvalue weighted by Crippen LogP contribution is 2.25. The highest BCUT2D eigenvalue weighted by molar-refractivity contribution is 7.73. The molecule has 0 fully saturated rings. The van der Waals surface area contributed by atoms with Gasteiger partial charge in [-0.15, -0.1) is 0 Å². The van der Waals surface area contributed by atoms with Crippen molar-refractivity contribution in [3.05, 3.63) is 98.0 Å². The number of nitrogens with one attached hydrogen (secondary N) is 2. The van der Waals surface area contributed by atoms with Crippen LogP contribution in [0.2, 0.25) is 0 Å². The van der Waals surface area contributed by atoms with Crippen molar-refractivity contribution >= 4 is 51.7 Å². The van der Waals surface area contributed by atoms with Crippen LogP contribution in [0.5, 0.6) is 0 Å². The Hall–Kier alpha value is -3.55. The van der Waals surface area contributed by atoms with Crippen LogP contribution in [0.4, 0.5) is 5.69 Å². The molecule has 3 aromatic carbocycles. The first-order valence-electron chi connectivity index (χ1n) is 9.25. The lowest BCUT2D eigenvalue weighted by Gasteiger charge is -2.07. The van der Waals surface area contributed by atoms with Gasteiger partial charge in [-0.05, 0) is 47.6 Å². The Morgan fingerprint density at radius 1 is 0.900 bits per heavy atom. The van der Waals surface area contributed by atoms with Gasteiger partial charge in [-0.2, -0.15) is 0 Å². The molecule has 0 saturated carbocycles. The van der Waals surface area contributed by atoms with Crippen molar-refractivity contribution < 1.29 is 4.79 Å². The Balaban J connectivity index is 1.51. The van der Waals surface area contributed by atoms with Gasteiger partial charge < -0.3 is 10.3 Å². The standard InChI is InChI=1S/C23H15N3O2S2/c27-21-17-8-4-5-9-18(17)26-20(25-21)19(30-23(26)29)22(28)24-16-12-10-15(11-13-16)14-6-2-1-3-7-14/h1-13H,(H,24,28)(H,25,27). The molecule has 2 heterocycles. The number of para-hydroxylation sites is 1. The van der Waals surface area contributed by atoms with Crippen LogP contribution in [-0.2, 0) is 0 Å². The average molecular weight is 430 g/mol. The predicted molar refractivity (Wildman–Crippen MR) is 124 cm³/mol. The molecule has 5 rings (SSSR count). The molecular weight excluding hydrogens is 414 g/mol. The van der Waals surface area contributed by atoms with Gasteiger partial charge in [0.15, 0.2) is 3.95 Å². The van der Waals surface area contributed by atoms with Gasteiger partial charge in [0.25, 0.3) is 11.5 Å². The second-order valence-electron chi connectivity index (χ2n) is 6.75. The van der Waals surface area contributed by atoms with Crippen LogP contribution in [0.15, 0.2) is 83.7 Å². The highest BCUT2D eigenvalue weighted by Gasteiger charge is 2.18. The molecule has 2 N–H and O–H groups in total. The number of aromatic amines is 1. The molecule has 146 valence electrons. The molecule has 0 saturated heterocycles. The monoisotopic (exact) mass is 429 g/mol. The minimum atomic E-state index is -0.313. The van der Waals surface area contributed by atoms with E-state index in [9.17, 15) is 9.59 Å². The number of thiazole rings is 1. The number of rotatable bonds is 3. The lowest BCUT2D eigenvalue weighted by atomic mass is 10.1. The van der Waals surface area contributed by atoms with E-state index in [0.717, 1.165) is 11.1 Å².